The van der Waals surface area contributed by atoms with Crippen molar-refractivity contribution in [1.29, 1.82) is 0 Å². The van der Waals surface area contributed by atoms with Crippen LogP contribution >= 0.6 is 0 Å². The third kappa shape index (κ3) is 3.82. The fourth-order valence-electron chi connectivity index (χ4n) is 1.53. The van der Waals surface area contributed by atoms with Crippen molar-refractivity contribution in [3.63, 3.8) is 0 Å². The van der Waals surface area contributed by atoms with Crippen LogP contribution in [0.5, 0.6) is 0 Å². The summed E-state index contributed by atoms with van der Waals surface area (Å²) >= 11 is 0. The molecule has 1 rings (SSSR count). The second-order valence-corrected chi connectivity index (χ2v) is 3.66. The van der Waals surface area contributed by atoms with E-state index in [1.54, 1.807) is 18.2 Å². The van der Waals surface area contributed by atoms with Crippen molar-refractivity contribution in [2.24, 2.45) is 5.11 Å². The van der Waals surface area contributed by atoms with Gasteiger partial charge in [-0.15, -0.1) is 0 Å². The quantitative estimate of drug-likeness (QED) is 0.323. The Labute approximate surface area is 103 Å². The SMILES string of the molecule is Cc1c(C=CCCN=[N+]=[N-])cccc1C(F)(F)F. The minimum absolute atomic E-state index is 0.199. The number of benzene rings is 1. The minimum atomic E-state index is -4.33. The van der Waals surface area contributed by atoms with E-state index < -0.39 is 11.7 Å². The molecule has 96 valence electrons. The van der Waals surface area contributed by atoms with Crippen molar-refractivity contribution in [2.75, 3.05) is 6.54 Å². The van der Waals surface area contributed by atoms with Gasteiger partial charge in [-0.05, 0) is 36.1 Å². The van der Waals surface area contributed by atoms with Gasteiger partial charge in [0.2, 0.25) is 0 Å². The van der Waals surface area contributed by atoms with Crippen molar-refractivity contribution in [3.8, 4) is 0 Å². The molecule has 0 fully saturated rings. The van der Waals surface area contributed by atoms with Crippen LogP contribution in [0.4, 0.5) is 13.2 Å². The summed E-state index contributed by atoms with van der Waals surface area (Å²) in [5.74, 6) is 0. The predicted octanol–water partition coefficient (Wildman–Crippen LogP) is 4.73. The van der Waals surface area contributed by atoms with Crippen LogP contribution in [-0.2, 0) is 6.18 Å². The average molecular weight is 255 g/mol. The molecule has 0 atom stereocenters. The molecule has 18 heavy (non-hydrogen) atoms. The van der Waals surface area contributed by atoms with Gasteiger partial charge in [0.15, 0.2) is 0 Å². The van der Waals surface area contributed by atoms with Gasteiger partial charge < -0.3 is 0 Å². The predicted molar refractivity (Wildman–Crippen MR) is 63.8 cm³/mol. The first-order chi connectivity index (χ1) is 8.46. The molecule has 0 saturated carbocycles. The molecule has 0 aliphatic carbocycles. The maximum atomic E-state index is 12.6. The Morgan fingerprint density at radius 1 is 1.39 bits per heavy atom. The zero-order chi connectivity index (χ0) is 13.6. The summed E-state index contributed by atoms with van der Waals surface area (Å²) in [5, 5.41) is 3.33. The fourth-order valence-corrected chi connectivity index (χ4v) is 1.53. The van der Waals surface area contributed by atoms with Gasteiger partial charge in [0.1, 0.15) is 0 Å². The molecule has 0 heterocycles. The van der Waals surface area contributed by atoms with Crippen LogP contribution in [0.1, 0.15) is 23.1 Å². The van der Waals surface area contributed by atoms with Gasteiger partial charge in [0, 0.05) is 11.5 Å². The molecule has 0 aliphatic heterocycles. The van der Waals surface area contributed by atoms with Crippen LogP contribution in [0.2, 0.25) is 0 Å². The zero-order valence-electron chi connectivity index (χ0n) is 9.78. The van der Waals surface area contributed by atoms with E-state index in [1.807, 2.05) is 0 Å². The molecule has 0 bridgehead atoms. The molecule has 1 aromatic carbocycles. The number of hydrogen-bond acceptors (Lipinski definition) is 1. The normalized spacial score (nSPS) is 11.6. The monoisotopic (exact) mass is 255 g/mol. The van der Waals surface area contributed by atoms with E-state index in [0.29, 0.717) is 18.5 Å². The summed E-state index contributed by atoms with van der Waals surface area (Å²) < 4.78 is 37.9. The van der Waals surface area contributed by atoms with Crippen molar-refractivity contribution in [1.82, 2.24) is 0 Å². The molecule has 0 N–H and O–H groups in total. The summed E-state index contributed by atoms with van der Waals surface area (Å²) in [7, 11) is 0. The van der Waals surface area contributed by atoms with Crippen molar-refractivity contribution in [3.05, 3.63) is 51.4 Å². The lowest BCUT2D eigenvalue weighted by Gasteiger charge is -2.11. The molecule has 0 radical (unpaired) electrons. The number of alkyl halides is 3. The second kappa shape index (κ2) is 6.12. The number of rotatable bonds is 4. The molecule has 0 saturated heterocycles. The lowest BCUT2D eigenvalue weighted by molar-refractivity contribution is -0.138. The Balaban J connectivity index is 2.88. The van der Waals surface area contributed by atoms with Gasteiger partial charge in [-0.3, -0.25) is 0 Å². The third-order valence-electron chi connectivity index (χ3n) is 2.44. The Hall–Kier alpha value is -1.94. The van der Waals surface area contributed by atoms with Gasteiger partial charge in [-0.25, -0.2) is 0 Å². The summed E-state index contributed by atoms with van der Waals surface area (Å²) in [6.45, 7) is 1.74. The van der Waals surface area contributed by atoms with Gasteiger partial charge >= 0.3 is 6.18 Å². The highest BCUT2D eigenvalue weighted by Gasteiger charge is 2.32. The van der Waals surface area contributed by atoms with E-state index in [0.717, 1.165) is 6.07 Å². The first-order valence-electron chi connectivity index (χ1n) is 5.31. The second-order valence-electron chi connectivity index (χ2n) is 3.66. The molecule has 0 aliphatic rings. The van der Waals surface area contributed by atoms with Crippen LogP contribution in [0.25, 0.3) is 16.5 Å². The maximum Gasteiger partial charge on any atom is 0.416 e. The lowest BCUT2D eigenvalue weighted by Crippen LogP contribution is -2.07. The summed E-state index contributed by atoms with van der Waals surface area (Å²) in [5.41, 5.74) is 8.15. The number of halogens is 3. The third-order valence-corrected chi connectivity index (χ3v) is 2.44. The molecule has 6 heteroatoms. The smallest absolute Gasteiger partial charge is 0.166 e. The number of hydrogen-bond donors (Lipinski definition) is 0. The minimum Gasteiger partial charge on any atom is -0.166 e. The molecule has 0 aromatic heterocycles. The highest BCUT2D eigenvalue weighted by Crippen LogP contribution is 2.33. The van der Waals surface area contributed by atoms with E-state index in [4.69, 9.17) is 5.53 Å². The lowest BCUT2D eigenvalue weighted by atomic mass is 10.0. The molecule has 1 aromatic rings. The molecule has 0 amide bonds. The van der Waals surface area contributed by atoms with Crippen molar-refractivity contribution >= 4 is 6.08 Å². The van der Waals surface area contributed by atoms with E-state index in [9.17, 15) is 13.2 Å². The van der Waals surface area contributed by atoms with Crippen LogP contribution in [-0.4, -0.2) is 6.54 Å². The van der Waals surface area contributed by atoms with Crippen LogP contribution in [0.15, 0.2) is 29.4 Å². The van der Waals surface area contributed by atoms with Crippen LogP contribution < -0.4 is 0 Å². The van der Waals surface area contributed by atoms with Crippen molar-refractivity contribution in [2.45, 2.75) is 19.5 Å². The number of nitrogens with zero attached hydrogens (tertiary/aromatic N) is 3. The van der Waals surface area contributed by atoms with E-state index in [-0.39, 0.29) is 5.56 Å². The topological polar surface area (TPSA) is 48.8 Å². The first kappa shape index (κ1) is 14.1. The van der Waals surface area contributed by atoms with Gasteiger partial charge in [-0.1, -0.05) is 29.4 Å². The van der Waals surface area contributed by atoms with Gasteiger partial charge in [0.25, 0.3) is 0 Å². The highest BCUT2D eigenvalue weighted by molar-refractivity contribution is 5.56. The number of azide groups is 1. The molecular formula is C12H12F3N3. The highest BCUT2D eigenvalue weighted by atomic mass is 19.4. The molecule has 0 unspecified atom stereocenters. The molecular weight excluding hydrogens is 243 g/mol. The van der Waals surface area contributed by atoms with E-state index >= 15 is 0 Å². The molecule has 0 spiro atoms. The maximum absolute atomic E-state index is 12.6. The van der Waals surface area contributed by atoms with Crippen LogP contribution in [0, 0.1) is 6.92 Å². The largest absolute Gasteiger partial charge is 0.416 e. The van der Waals surface area contributed by atoms with E-state index in [2.05, 4.69) is 10.0 Å². The summed E-state index contributed by atoms with van der Waals surface area (Å²) in [6.07, 6.45) is -0.534. The molecule has 3 nitrogen and oxygen atoms in total. The van der Waals surface area contributed by atoms with Gasteiger partial charge in [-0.2, -0.15) is 13.2 Å². The average Bonchev–Trinajstić information content (AvgIpc) is 2.29. The Kier molecular flexibility index (Phi) is 4.80. The Morgan fingerprint density at radius 3 is 2.72 bits per heavy atom. The summed E-state index contributed by atoms with van der Waals surface area (Å²) in [4.78, 5) is 2.59. The summed E-state index contributed by atoms with van der Waals surface area (Å²) in [6, 6.07) is 4.06. The van der Waals surface area contributed by atoms with E-state index in [1.165, 1.54) is 13.0 Å². The zero-order valence-corrected chi connectivity index (χ0v) is 9.78. The van der Waals surface area contributed by atoms with Gasteiger partial charge in [0.05, 0.1) is 5.56 Å². The fraction of sp³-hybridized carbons (Fsp3) is 0.333. The standard InChI is InChI=1S/C12H12F3N3/c1-9-10(5-2-3-8-17-18-16)6-4-7-11(9)12(13,14)15/h2,4-7H,3,8H2,1H3. The first-order valence-corrected chi connectivity index (χ1v) is 5.31. The van der Waals surface area contributed by atoms with Crippen LogP contribution in [0.3, 0.4) is 0 Å². The Bertz CT molecular complexity index is 486. The Morgan fingerprint density at radius 2 is 2.11 bits per heavy atom. The van der Waals surface area contributed by atoms with Crippen molar-refractivity contribution < 1.29 is 13.2 Å².